The average Bonchev–Trinajstić information content (AvgIpc) is 2.56. The summed E-state index contributed by atoms with van der Waals surface area (Å²) >= 11 is 7.82. The number of nitrogens with one attached hydrogen (secondary N) is 1. The number of hydrogen-bond donors (Lipinski definition) is 1. The molecule has 4 rings (SSSR count). The number of Topliss-reactive ketones (excluding diaryl/α,β-unsaturated/α-hetero) is 1. The Morgan fingerprint density at radius 2 is 2.00 bits per heavy atom. The van der Waals surface area contributed by atoms with Crippen LogP contribution < -0.4 is 5.32 Å². The number of rotatable bonds is 1. The van der Waals surface area contributed by atoms with E-state index in [9.17, 15) is 9.18 Å². The zero-order valence-electron chi connectivity index (χ0n) is 12.6. The summed E-state index contributed by atoms with van der Waals surface area (Å²) in [4.78, 5) is 13.8. The van der Waals surface area contributed by atoms with E-state index in [1.165, 1.54) is 16.7 Å². The molecule has 1 unspecified atom stereocenters. The zero-order chi connectivity index (χ0) is 16.0. The van der Waals surface area contributed by atoms with Crippen LogP contribution in [0.25, 0.3) is 0 Å². The van der Waals surface area contributed by atoms with Gasteiger partial charge in [-0.1, -0.05) is 17.7 Å². The third-order valence-electron chi connectivity index (χ3n) is 4.71. The Bertz CT molecular complexity index is 755. The topological polar surface area (TPSA) is 29.1 Å². The highest BCUT2D eigenvalue weighted by Crippen LogP contribution is 2.49. The van der Waals surface area contributed by atoms with Crippen LogP contribution in [0, 0.1) is 5.82 Å². The van der Waals surface area contributed by atoms with Crippen molar-refractivity contribution in [2.24, 2.45) is 0 Å². The fourth-order valence-electron chi connectivity index (χ4n) is 3.67. The Morgan fingerprint density at radius 3 is 2.83 bits per heavy atom. The van der Waals surface area contributed by atoms with Gasteiger partial charge in [0.1, 0.15) is 5.82 Å². The Labute approximate surface area is 144 Å². The minimum absolute atomic E-state index is 0.0857. The van der Waals surface area contributed by atoms with Gasteiger partial charge in [-0.25, -0.2) is 4.39 Å². The van der Waals surface area contributed by atoms with E-state index >= 15 is 0 Å². The second-order valence-corrected chi connectivity index (χ2v) is 7.74. The summed E-state index contributed by atoms with van der Waals surface area (Å²) in [5.41, 5.74) is 4.09. The van der Waals surface area contributed by atoms with E-state index in [0.29, 0.717) is 6.42 Å². The predicted octanol–water partition coefficient (Wildman–Crippen LogP) is 4.91. The first-order valence-corrected chi connectivity index (χ1v) is 9.35. The lowest BCUT2D eigenvalue weighted by Gasteiger charge is -2.37. The van der Waals surface area contributed by atoms with Crippen LogP contribution in [0.1, 0.15) is 43.6 Å². The van der Waals surface area contributed by atoms with Crippen LogP contribution in [-0.2, 0) is 4.79 Å². The minimum atomic E-state index is -0.418. The van der Waals surface area contributed by atoms with Crippen molar-refractivity contribution in [3.05, 3.63) is 56.5 Å². The van der Waals surface area contributed by atoms with Crippen LogP contribution in [0.15, 0.2) is 40.1 Å². The van der Waals surface area contributed by atoms with Crippen molar-refractivity contribution < 1.29 is 9.18 Å². The van der Waals surface area contributed by atoms with Gasteiger partial charge in [-0.2, -0.15) is 0 Å². The number of halogens is 2. The van der Waals surface area contributed by atoms with Crippen molar-refractivity contribution in [1.82, 2.24) is 5.32 Å². The van der Waals surface area contributed by atoms with Crippen molar-refractivity contribution in [2.45, 2.75) is 38.0 Å². The van der Waals surface area contributed by atoms with Gasteiger partial charge in [0.2, 0.25) is 0 Å². The van der Waals surface area contributed by atoms with Gasteiger partial charge in [0, 0.05) is 34.2 Å². The lowest BCUT2D eigenvalue weighted by atomic mass is 9.79. The first-order chi connectivity index (χ1) is 11.1. The molecule has 0 fully saturated rings. The predicted molar refractivity (Wildman–Crippen MR) is 91.9 cm³/mol. The van der Waals surface area contributed by atoms with Crippen LogP contribution in [0.3, 0.4) is 0 Å². The molecule has 5 heteroatoms. The van der Waals surface area contributed by atoms with E-state index in [1.54, 1.807) is 12.1 Å². The van der Waals surface area contributed by atoms with Crippen LogP contribution >= 0.6 is 23.4 Å². The van der Waals surface area contributed by atoms with Gasteiger partial charge in [0.25, 0.3) is 0 Å². The molecule has 1 N–H and O–H groups in total. The standard InChI is InChI=1S/C18H17ClFNOS/c19-11-9-10(6-7-12(11)20)16-17-13(3-1-5-15(17)22)21-14-4-2-8-23-18(14)16/h6-7,9,16,21H,1-5,8H2. The molecule has 23 heavy (non-hydrogen) atoms. The molecule has 0 amide bonds. The molecule has 0 spiro atoms. The Kier molecular flexibility index (Phi) is 3.98. The molecule has 1 aromatic rings. The maximum absolute atomic E-state index is 13.6. The van der Waals surface area contributed by atoms with Crippen LogP contribution in [-0.4, -0.2) is 11.5 Å². The van der Waals surface area contributed by atoms with Gasteiger partial charge < -0.3 is 5.32 Å². The molecule has 1 aliphatic carbocycles. The Morgan fingerprint density at radius 1 is 1.17 bits per heavy atom. The molecule has 3 aliphatic rings. The van der Waals surface area contributed by atoms with Gasteiger partial charge in [0.15, 0.2) is 5.78 Å². The number of dihydropyridines is 1. The maximum atomic E-state index is 13.6. The number of ketones is 1. The number of allylic oxidation sites excluding steroid dienone is 4. The third kappa shape index (κ3) is 2.62. The number of thioether (sulfide) groups is 1. The molecule has 1 atom stereocenters. The normalized spacial score (nSPS) is 24.3. The molecular formula is C18H17ClFNOS. The molecule has 120 valence electrons. The van der Waals surface area contributed by atoms with Crippen molar-refractivity contribution in [1.29, 1.82) is 0 Å². The molecule has 2 heterocycles. The highest BCUT2D eigenvalue weighted by atomic mass is 35.5. The summed E-state index contributed by atoms with van der Waals surface area (Å²) in [6, 6.07) is 4.85. The minimum Gasteiger partial charge on any atom is -0.361 e. The number of benzene rings is 1. The number of carbonyl (C=O) groups excluding carboxylic acids is 1. The molecular weight excluding hydrogens is 333 g/mol. The molecule has 1 aromatic carbocycles. The third-order valence-corrected chi connectivity index (χ3v) is 6.29. The van der Waals surface area contributed by atoms with Gasteiger partial charge in [-0.05, 0) is 49.1 Å². The van der Waals surface area contributed by atoms with E-state index in [0.717, 1.165) is 48.3 Å². The largest absolute Gasteiger partial charge is 0.361 e. The average molecular weight is 350 g/mol. The second kappa shape index (κ2) is 5.99. The van der Waals surface area contributed by atoms with Crippen molar-refractivity contribution >= 4 is 29.1 Å². The van der Waals surface area contributed by atoms with Crippen molar-refractivity contribution in [2.75, 3.05) is 5.75 Å². The summed E-state index contributed by atoms with van der Waals surface area (Å²) in [6.45, 7) is 0. The summed E-state index contributed by atoms with van der Waals surface area (Å²) in [5.74, 6) is 0.765. The van der Waals surface area contributed by atoms with Crippen molar-refractivity contribution in [3.63, 3.8) is 0 Å². The van der Waals surface area contributed by atoms with Crippen LogP contribution in [0.5, 0.6) is 0 Å². The molecule has 0 saturated heterocycles. The van der Waals surface area contributed by atoms with E-state index in [1.807, 2.05) is 11.8 Å². The molecule has 0 radical (unpaired) electrons. The second-order valence-electron chi connectivity index (χ2n) is 6.20. The molecule has 2 nitrogen and oxygen atoms in total. The lowest BCUT2D eigenvalue weighted by molar-refractivity contribution is -0.116. The number of carbonyl (C=O) groups is 1. The first-order valence-electron chi connectivity index (χ1n) is 7.99. The SMILES string of the molecule is O=C1CCCC2=C1C(c1ccc(F)c(Cl)c1)C1=C(CCCS1)N2. The van der Waals surface area contributed by atoms with E-state index in [4.69, 9.17) is 11.6 Å². The monoisotopic (exact) mass is 349 g/mol. The van der Waals surface area contributed by atoms with Gasteiger partial charge in [-0.15, -0.1) is 11.8 Å². The summed E-state index contributed by atoms with van der Waals surface area (Å²) in [6.07, 6.45) is 4.56. The van der Waals surface area contributed by atoms with Gasteiger partial charge in [-0.3, -0.25) is 4.79 Å². The fraction of sp³-hybridized carbons (Fsp3) is 0.389. The lowest BCUT2D eigenvalue weighted by Crippen LogP contribution is -2.32. The zero-order valence-corrected chi connectivity index (χ0v) is 14.2. The smallest absolute Gasteiger partial charge is 0.161 e. The molecule has 2 aliphatic heterocycles. The summed E-state index contributed by atoms with van der Waals surface area (Å²) in [7, 11) is 0. The highest BCUT2D eigenvalue weighted by molar-refractivity contribution is 8.03. The molecule has 0 bridgehead atoms. The number of hydrogen-bond acceptors (Lipinski definition) is 3. The Hall–Kier alpha value is -1.26. The van der Waals surface area contributed by atoms with E-state index in [2.05, 4.69) is 5.32 Å². The van der Waals surface area contributed by atoms with Crippen molar-refractivity contribution in [3.8, 4) is 0 Å². The van der Waals surface area contributed by atoms with E-state index in [-0.39, 0.29) is 16.7 Å². The molecule has 0 saturated carbocycles. The quantitative estimate of drug-likeness (QED) is 0.780. The van der Waals surface area contributed by atoms with Crippen LogP contribution in [0.4, 0.5) is 4.39 Å². The first kappa shape index (κ1) is 15.3. The van der Waals surface area contributed by atoms with E-state index < -0.39 is 5.82 Å². The fourth-order valence-corrected chi connectivity index (χ4v) is 5.12. The summed E-state index contributed by atoms with van der Waals surface area (Å²) in [5, 5.41) is 3.64. The summed E-state index contributed by atoms with van der Waals surface area (Å²) < 4.78 is 13.6. The van der Waals surface area contributed by atoms with Gasteiger partial charge >= 0.3 is 0 Å². The Balaban J connectivity index is 1.87. The van der Waals surface area contributed by atoms with Gasteiger partial charge in [0.05, 0.1) is 5.02 Å². The van der Waals surface area contributed by atoms with Crippen LogP contribution in [0.2, 0.25) is 5.02 Å². The highest BCUT2D eigenvalue weighted by Gasteiger charge is 2.37. The molecule has 0 aromatic heterocycles. The maximum Gasteiger partial charge on any atom is 0.161 e.